The molecule has 1 aliphatic heterocycles. The number of hydrogen-bond donors (Lipinski definition) is 0. The van der Waals surface area contributed by atoms with E-state index in [1.54, 1.807) is 38.3 Å². The Balaban J connectivity index is 1.83. The van der Waals surface area contributed by atoms with Gasteiger partial charge in [0.25, 0.3) is 5.91 Å². The summed E-state index contributed by atoms with van der Waals surface area (Å²) in [5.74, 6) is 0.603. The van der Waals surface area contributed by atoms with Crippen LogP contribution in [0.3, 0.4) is 0 Å². The molecule has 0 unspecified atom stereocenters. The number of carbonyl (C=O) groups is 1. The predicted molar refractivity (Wildman–Crippen MR) is 115 cm³/mol. The lowest BCUT2D eigenvalue weighted by atomic mass is 9.98. The molecule has 8 nitrogen and oxygen atoms in total. The van der Waals surface area contributed by atoms with Crippen molar-refractivity contribution in [2.24, 2.45) is 0 Å². The van der Waals surface area contributed by atoms with Crippen LogP contribution in [-0.4, -0.2) is 30.3 Å². The van der Waals surface area contributed by atoms with E-state index in [1.807, 2.05) is 18.2 Å². The highest BCUT2D eigenvalue weighted by Gasteiger charge is 2.46. The first kappa shape index (κ1) is 19.3. The third-order valence-electron chi connectivity index (χ3n) is 5.23. The van der Waals surface area contributed by atoms with Crippen molar-refractivity contribution in [3.63, 3.8) is 0 Å². The monoisotopic (exact) mass is 435 g/mol. The van der Waals surface area contributed by atoms with Crippen molar-refractivity contribution in [2.75, 3.05) is 19.1 Å². The molecule has 2 aromatic heterocycles. The fraction of sp³-hybridized carbons (Fsp3) is 0.182. The molecule has 2 aromatic carbocycles. The molecule has 1 amide bonds. The smallest absolute Gasteiger partial charge is 0.297 e. The number of aromatic nitrogens is 2. The zero-order valence-corrected chi connectivity index (χ0v) is 17.7. The molecule has 4 aromatic rings. The molecule has 0 spiro atoms. The minimum absolute atomic E-state index is 0.0190. The minimum Gasteiger partial charge on any atom is -0.497 e. The van der Waals surface area contributed by atoms with E-state index in [9.17, 15) is 9.59 Å². The SMILES string of the molecule is COc1ccc2c(=O)c3c(oc2c1)C(=O)N(c1nnc(C)s1)[C@H]3c1ccccc1OC. The van der Waals surface area contributed by atoms with Gasteiger partial charge in [0, 0.05) is 11.6 Å². The van der Waals surface area contributed by atoms with Crippen LogP contribution in [0.15, 0.2) is 51.7 Å². The van der Waals surface area contributed by atoms with Crippen LogP contribution in [0.2, 0.25) is 0 Å². The number of methoxy groups -OCH3 is 2. The van der Waals surface area contributed by atoms with Crippen LogP contribution in [0.1, 0.15) is 32.7 Å². The maximum Gasteiger partial charge on any atom is 0.297 e. The van der Waals surface area contributed by atoms with Gasteiger partial charge in [-0.1, -0.05) is 29.5 Å². The van der Waals surface area contributed by atoms with E-state index < -0.39 is 11.9 Å². The van der Waals surface area contributed by atoms with Crippen molar-refractivity contribution in [1.82, 2.24) is 10.2 Å². The average molecular weight is 435 g/mol. The number of rotatable bonds is 4. The van der Waals surface area contributed by atoms with Crippen molar-refractivity contribution < 1.29 is 18.7 Å². The number of fused-ring (bicyclic) bond motifs is 2. The minimum atomic E-state index is -0.756. The molecule has 0 bridgehead atoms. The van der Waals surface area contributed by atoms with Crippen molar-refractivity contribution in [3.8, 4) is 11.5 Å². The molecule has 0 aliphatic carbocycles. The highest BCUT2D eigenvalue weighted by atomic mass is 32.1. The standard InChI is InChI=1S/C22H17N3O5S/c1-11-23-24-22(31-11)25-18(13-6-4-5-7-15(13)29-3)17-19(26)14-9-8-12(28-2)10-16(14)30-20(17)21(25)27/h4-10,18H,1-3H3/t18-/m0/s1. The van der Waals surface area contributed by atoms with Gasteiger partial charge in [0.15, 0.2) is 5.43 Å². The summed E-state index contributed by atoms with van der Waals surface area (Å²) in [5, 5.41) is 9.65. The molecular formula is C22H17N3O5S. The highest BCUT2D eigenvalue weighted by molar-refractivity contribution is 7.15. The third kappa shape index (κ3) is 2.89. The zero-order chi connectivity index (χ0) is 21.7. The Morgan fingerprint density at radius 2 is 1.87 bits per heavy atom. The lowest BCUT2D eigenvalue weighted by Crippen LogP contribution is -2.29. The van der Waals surface area contributed by atoms with Crippen molar-refractivity contribution in [3.05, 3.63) is 74.6 Å². The maximum absolute atomic E-state index is 13.6. The van der Waals surface area contributed by atoms with E-state index in [4.69, 9.17) is 13.9 Å². The molecular weight excluding hydrogens is 418 g/mol. The van der Waals surface area contributed by atoms with Gasteiger partial charge in [0.1, 0.15) is 28.1 Å². The Morgan fingerprint density at radius 3 is 2.58 bits per heavy atom. The Labute approximate surface area is 180 Å². The fourth-order valence-electron chi connectivity index (χ4n) is 3.85. The summed E-state index contributed by atoms with van der Waals surface area (Å²) in [4.78, 5) is 28.5. The van der Waals surface area contributed by atoms with E-state index in [2.05, 4.69) is 10.2 Å². The van der Waals surface area contributed by atoms with Crippen LogP contribution in [0.4, 0.5) is 5.13 Å². The summed E-state index contributed by atoms with van der Waals surface area (Å²) in [6.07, 6.45) is 0. The molecule has 0 saturated heterocycles. The molecule has 3 heterocycles. The molecule has 0 fully saturated rings. The van der Waals surface area contributed by atoms with Gasteiger partial charge in [-0.15, -0.1) is 10.2 Å². The van der Waals surface area contributed by atoms with Crippen LogP contribution in [-0.2, 0) is 0 Å². The van der Waals surface area contributed by atoms with Gasteiger partial charge in [-0.2, -0.15) is 0 Å². The lowest BCUT2D eigenvalue weighted by molar-refractivity contribution is 0.0970. The topological polar surface area (TPSA) is 94.8 Å². The summed E-state index contributed by atoms with van der Waals surface area (Å²) in [6, 6.07) is 11.4. The number of anilines is 1. The Morgan fingerprint density at radius 1 is 1.06 bits per heavy atom. The third-order valence-corrected chi connectivity index (χ3v) is 6.07. The summed E-state index contributed by atoms with van der Waals surface area (Å²) in [7, 11) is 3.07. The number of nitrogens with zero attached hydrogens (tertiary/aromatic N) is 3. The van der Waals surface area contributed by atoms with Gasteiger partial charge in [0.05, 0.1) is 25.2 Å². The predicted octanol–water partition coefficient (Wildman–Crippen LogP) is 3.72. The molecule has 0 saturated carbocycles. The first-order valence-corrected chi connectivity index (χ1v) is 10.3. The average Bonchev–Trinajstić information content (AvgIpc) is 3.34. The Bertz CT molecular complexity index is 1390. The molecule has 5 rings (SSSR count). The summed E-state index contributed by atoms with van der Waals surface area (Å²) in [6.45, 7) is 1.80. The number of aryl methyl sites for hydroxylation is 1. The van der Waals surface area contributed by atoms with Crippen molar-refractivity contribution in [2.45, 2.75) is 13.0 Å². The molecule has 156 valence electrons. The highest BCUT2D eigenvalue weighted by Crippen LogP contribution is 2.44. The van der Waals surface area contributed by atoms with Gasteiger partial charge < -0.3 is 13.9 Å². The van der Waals surface area contributed by atoms with Crippen LogP contribution in [0.5, 0.6) is 11.5 Å². The molecule has 0 N–H and O–H groups in total. The van der Waals surface area contributed by atoms with E-state index in [-0.39, 0.29) is 22.3 Å². The van der Waals surface area contributed by atoms with E-state index in [1.165, 1.54) is 23.3 Å². The first-order chi connectivity index (χ1) is 15.0. The molecule has 1 atom stereocenters. The number of para-hydroxylation sites is 1. The fourth-order valence-corrected chi connectivity index (χ4v) is 4.56. The maximum atomic E-state index is 13.6. The summed E-state index contributed by atoms with van der Waals surface area (Å²) < 4.78 is 16.7. The van der Waals surface area contributed by atoms with Gasteiger partial charge in [-0.05, 0) is 25.1 Å². The Kier molecular flexibility index (Phi) is 4.48. The van der Waals surface area contributed by atoms with Gasteiger partial charge >= 0.3 is 0 Å². The van der Waals surface area contributed by atoms with Crippen LogP contribution >= 0.6 is 11.3 Å². The zero-order valence-electron chi connectivity index (χ0n) is 16.9. The lowest BCUT2D eigenvalue weighted by Gasteiger charge is -2.23. The second-order valence-corrected chi connectivity index (χ2v) is 8.12. The molecule has 31 heavy (non-hydrogen) atoms. The number of amides is 1. The van der Waals surface area contributed by atoms with E-state index in [0.717, 1.165) is 0 Å². The largest absolute Gasteiger partial charge is 0.497 e. The number of carbonyl (C=O) groups excluding carboxylic acids is 1. The number of ether oxygens (including phenoxy) is 2. The molecule has 0 radical (unpaired) electrons. The Hall–Kier alpha value is -3.72. The quantitative estimate of drug-likeness (QED) is 0.482. The van der Waals surface area contributed by atoms with Gasteiger partial charge in [-0.3, -0.25) is 14.5 Å². The van der Waals surface area contributed by atoms with Crippen LogP contribution < -0.4 is 19.8 Å². The number of hydrogen-bond acceptors (Lipinski definition) is 8. The summed E-state index contributed by atoms with van der Waals surface area (Å²) >= 11 is 1.27. The first-order valence-electron chi connectivity index (χ1n) is 9.44. The second kappa shape index (κ2) is 7.21. The van der Waals surface area contributed by atoms with E-state index >= 15 is 0 Å². The van der Waals surface area contributed by atoms with Gasteiger partial charge in [0.2, 0.25) is 10.9 Å². The normalized spacial score (nSPS) is 15.4. The van der Waals surface area contributed by atoms with Crippen LogP contribution in [0.25, 0.3) is 11.0 Å². The summed E-state index contributed by atoms with van der Waals surface area (Å²) in [5.41, 5.74) is 0.905. The van der Waals surface area contributed by atoms with Crippen molar-refractivity contribution in [1.29, 1.82) is 0 Å². The molecule has 1 aliphatic rings. The number of benzene rings is 2. The van der Waals surface area contributed by atoms with E-state index in [0.29, 0.717) is 32.6 Å². The second-order valence-electron chi connectivity index (χ2n) is 6.96. The molecule has 9 heteroatoms. The van der Waals surface area contributed by atoms with Crippen molar-refractivity contribution >= 4 is 33.3 Å². The van der Waals surface area contributed by atoms with Gasteiger partial charge in [-0.25, -0.2) is 0 Å². The van der Waals surface area contributed by atoms with Crippen LogP contribution in [0, 0.1) is 6.92 Å².